The number of hydrogen-bond donors (Lipinski definition) is 0. The summed E-state index contributed by atoms with van der Waals surface area (Å²) in [7, 11) is -3.35. The van der Waals surface area contributed by atoms with Gasteiger partial charge in [-0.05, 0) is 72.8 Å². The van der Waals surface area contributed by atoms with Gasteiger partial charge in [0.1, 0.15) is 11.6 Å². The van der Waals surface area contributed by atoms with Crippen LogP contribution < -0.4 is 4.74 Å². The van der Waals surface area contributed by atoms with Crippen LogP contribution in [-0.2, 0) is 9.84 Å². The molecule has 7 heteroatoms. The van der Waals surface area contributed by atoms with Gasteiger partial charge >= 0.3 is 5.97 Å². The van der Waals surface area contributed by atoms with Crippen molar-refractivity contribution in [3.8, 4) is 5.75 Å². The molecule has 0 fully saturated rings. The Bertz CT molecular complexity index is 1120. The summed E-state index contributed by atoms with van der Waals surface area (Å²) in [6.45, 7) is 0. The molecule has 0 aliphatic heterocycles. The second kappa shape index (κ2) is 7.74. The van der Waals surface area contributed by atoms with Crippen molar-refractivity contribution in [3.05, 3.63) is 95.3 Å². The maximum atomic E-state index is 13.0. The van der Waals surface area contributed by atoms with E-state index in [1.165, 1.54) is 72.8 Å². The largest absolute Gasteiger partial charge is 0.423 e. The van der Waals surface area contributed by atoms with E-state index in [9.17, 15) is 22.4 Å². The highest BCUT2D eigenvalue weighted by molar-refractivity contribution is 7.90. The Hall–Kier alpha value is -3.32. The Balaban J connectivity index is 1.70. The van der Waals surface area contributed by atoms with E-state index < -0.39 is 21.6 Å². The molecule has 0 atom stereocenters. The first kappa shape index (κ1) is 19.4. The molecule has 0 N–H and O–H groups in total. The molecule has 0 aliphatic carbocycles. The zero-order valence-electron chi connectivity index (χ0n) is 14.8. The van der Waals surface area contributed by atoms with Crippen LogP contribution in [0.2, 0.25) is 0 Å². The van der Waals surface area contributed by atoms with Gasteiger partial charge in [-0.2, -0.15) is 0 Å². The van der Waals surface area contributed by atoms with Gasteiger partial charge in [0.05, 0.1) is 10.5 Å². The molecular formula is C21H15FO5S. The third-order valence-corrected chi connectivity index (χ3v) is 5.08. The first-order valence-corrected chi connectivity index (χ1v) is 10.1. The number of carbonyl (C=O) groups excluding carboxylic acids is 2. The van der Waals surface area contributed by atoms with Crippen molar-refractivity contribution in [3.63, 3.8) is 0 Å². The van der Waals surface area contributed by atoms with Gasteiger partial charge in [0, 0.05) is 17.4 Å². The van der Waals surface area contributed by atoms with Gasteiger partial charge in [-0.25, -0.2) is 17.6 Å². The van der Waals surface area contributed by atoms with Crippen LogP contribution in [-0.4, -0.2) is 26.4 Å². The minimum atomic E-state index is -3.35. The number of hydrogen-bond acceptors (Lipinski definition) is 5. The number of ketones is 1. The van der Waals surface area contributed by atoms with E-state index in [4.69, 9.17) is 4.74 Å². The van der Waals surface area contributed by atoms with E-state index in [-0.39, 0.29) is 22.0 Å². The molecule has 142 valence electrons. The lowest BCUT2D eigenvalue weighted by Crippen LogP contribution is -2.09. The van der Waals surface area contributed by atoms with Crippen LogP contribution in [0.1, 0.15) is 26.3 Å². The highest BCUT2D eigenvalue weighted by Gasteiger charge is 2.13. The molecule has 28 heavy (non-hydrogen) atoms. The lowest BCUT2D eigenvalue weighted by Gasteiger charge is -2.06. The monoisotopic (exact) mass is 398 g/mol. The molecule has 3 rings (SSSR count). The zero-order chi connectivity index (χ0) is 20.3. The van der Waals surface area contributed by atoms with Gasteiger partial charge < -0.3 is 4.74 Å². The Kier molecular flexibility index (Phi) is 5.37. The Morgan fingerprint density at radius 2 is 1.21 bits per heavy atom. The van der Waals surface area contributed by atoms with Crippen LogP contribution in [0, 0.1) is 5.82 Å². The number of sulfone groups is 1. The minimum Gasteiger partial charge on any atom is -0.423 e. The van der Waals surface area contributed by atoms with Crippen molar-refractivity contribution in [1.82, 2.24) is 0 Å². The van der Waals surface area contributed by atoms with Crippen LogP contribution in [0.3, 0.4) is 0 Å². The fraction of sp³-hybridized carbons (Fsp3) is 0.0476. The van der Waals surface area contributed by atoms with E-state index in [1.54, 1.807) is 0 Å². The lowest BCUT2D eigenvalue weighted by atomic mass is 10.0. The lowest BCUT2D eigenvalue weighted by molar-refractivity contribution is 0.0734. The first-order valence-electron chi connectivity index (χ1n) is 8.17. The average molecular weight is 398 g/mol. The quantitative estimate of drug-likeness (QED) is 0.372. The summed E-state index contributed by atoms with van der Waals surface area (Å²) in [6, 6.07) is 16.5. The first-order chi connectivity index (χ1) is 13.2. The summed E-state index contributed by atoms with van der Waals surface area (Å²) in [5.74, 6) is -1.14. The van der Waals surface area contributed by atoms with Gasteiger partial charge in [-0.3, -0.25) is 4.79 Å². The van der Waals surface area contributed by atoms with E-state index >= 15 is 0 Å². The SMILES string of the molecule is CS(=O)(=O)c1ccc(C(=O)Oc2ccc(C(=O)c3ccc(F)cc3)cc2)cc1. The van der Waals surface area contributed by atoms with E-state index in [2.05, 4.69) is 0 Å². The fourth-order valence-electron chi connectivity index (χ4n) is 2.45. The predicted octanol–water partition coefficient (Wildman–Crippen LogP) is 3.68. The Morgan fingerprint density at radius 1 is 0.750 bits per heavy atom. The van der Waals surface area contributed by atoms with Gasteiger partial charge in [0.15, 0.2) is 15.6 Å². The second-order valence-electron chi connectivity index (χ2n) is 6.05. The van der Waals surface area contributed by atoms with E-state index in [0.29, 0.717) is 11.1 Å². The molecule has 0 saturated carbocycles. The third-order valence-electron chi connectivity index (χ3n) is 3.95. The molecule has 5 nitrogen and oxygen atoms in total. The maximum Gasteiger partial charge on any atom is 0.343 e. The summed E-state index contributed by atoms with van der Waals surface area (Å²) in [4.78, 5) is 24.6. The second-order valence-corrected chi connectivity index (χ2v) is 8.06. The van der Waals surface area contributed by atoms with Crippen LogP contribution >= 0.6 is 0 Å². The highest BCUT2D eigenvalue weighted by Crippen LogP contribution is 2.18. The molecule has 0 radical (unpaired) electrons. The molecule has 3 aromatic carbocycles. The standard InChI is InChI=1S/C21H15FO5S/c1-28(25,26)19-12-6-16(7-13-19)21(24)27-18-10-4-15(5-11-18)20(23)14-2-8-17(22)9-3-14/h2-13H,1H3. The number of carbonyl (C=O) groups is 2. The fourth-order valence-corrected chi connectivity index (χ4v) is 3.08. The smallest absolute Gasteiger partial charge is 0.343 e. The van der Waals surface area contributed by atoms with Gasteiger partial charge in [-0.15, -0.1) is 0 Å². The molecular weight excluding hydrogens is 383 g/mol. The molecule has 0 aliphatic rings. The Morgan fingerprint density at radius 3 is 1.71 bits per heavy atom. The van der Waals surface area contributed by atoms with Gasteiger partial charge in [0.25, 0.3) is 0 Å². The average Bonchev–Trinajstić information content (AvgIpc) is 2.68. The van der Waals surface area contributed by atoms with E-state index in [0.717, 1.165) is 6.26 Å². The van der Waals surface area contributed by atoms with Crippen LogP contribution in [0.15, 0.2) is 77.7 Å². The molecule has 0 unspecified atom stereocenters. The number of rotatable bonds is 5. The highest BCUT2D eigenvalue weighted by atomic mass is 32.2. The maximum absolute atomic E-state index is 13.0. The molecule has 0 bridgehead atoms. The normalized spacial score (nSPS) is 11.1. The number of ether oxygens (including phenoxy) is 1. The van der Waals surface area contributed by atoms with Crippen molar-refractivity contribution in [2.24, 2.45) is 0 Å². The third kappa shape index (κ3) is 4.50. The molecule has 3 aromatic rings. The van der Waals surface area contributed by atoms with Crippen molar-refractivity contribution in [2.45, 2.75) is 4.90 Å². The topological polar surface area (TPSA) is 77.5 Å². The van der Waals surface area contributed by atoms with Crippen LogP contribution in [0.4, 0.5) is 4.39 Å². The van der Waals surface area contributed by atoms with Crippen molar-refractivity contribution < 1.29 is 27.1 Å². The zero-order valence-corrected chi connectivity index (χ0v) is 15.6. The minimum absolute atomic E-state index is 0.104. The molecule has 0 saturated heterocycles. The summed E-state index contributed by atoms with van der Waals surface area (Å²) in [5, 5.41) is 0. The Labute approximate surface area is 161 Å². The molecule has 0 aromatic heterocycles. The van der Waals surface area contributed by atoms with Crippen LogP contribution in [0.5, 0.6) is 5.75 Å². The summed E-state index contributed by atoms with van der Waals surface area (Å²) < 4.78 is 41.1. The molecule has 0 heterocycles. The summed E-state index contributed by atoms with van der Waals surface area (Å²) >= 11 is 0. The van der Waals surface area contributed by atoms with Crippen molar-refractivity contribution in [1.29, 1.82) is 0 Å². The number of halogens is 1. The molecule has 0 amide bonds. The van der Waals surface area contributed by atoms with E-state index in [1.807, 2.05) is 0 Å². The summed E-state index contributed by atoms with van der Waals surface area (Å²) in [5.41, 5.74) is 0.903. The molecule has 0 spiro atoms. The van der Waals surface area contributed by atoms with Crippen molar-refractivity contribution in [2.75, 3.05) is 6.26 Å². The van der Waals surface area contributed by atoms with Gasteiger partial charge in [0.2, 0.25) is 0 Å². The van der Waals surface area contributed by atoms with Crippen molar-refractivity contribution >= 4 is 21.6 Å². The number of benzene rings is 3. The van der Waals surface area contributed by atoms with Gasteiger partial charge in [-0.1, -0.05) is 0 Å². The summed E-state index contributed by atoms with van der Waals surface area (Å²) in [6.07, 6.45) is 1.08. The van der Waals surface area contributed by atoms with Crippen LogP contribution in [0.25, 0.3) is 0 Å². The predicted molar refractivity (Wildman–Crippen MR) is 101 cm³/mol. The number of esters is 1.